The van der Waals surface area contributed by atoms with E-state index < -0.39 is 0 Å². The van der Waals surface area contributed by atoms with Gasteiger partial charge in [0.2, 0.25) is 0 Å². The van der Waals surface area contributed by atoms with Crippen molar-refractivity contribution < 1.29 is 0 Å². The van der Waals surface area contributed by atoms with Crippen LogP contribution >= 0.6 is 0 Å². The second kappa shape index (κ2) is 4.82. The van der Waals surface area contributed by atoms with Crippen molar-refractivity contribution in [2.24, 2.45) is 0 Å². The van der Waals surface area contributed by atoms with Gasteiger partial charge in [0.15, 0.2) is 0 Å². The second-order valence-electron chi connectivity index (χ2n) is 3.28. The molecule has 72 valence electrons. The molecule has 0 unspecified atom stereocenters. The molecule has 0 fully saturated rings. The Labute approximate surface area is 79.6 Å². The summed E-state index contributed by atoms with van der Waals surface area (Å²) in [6.45, 7) is 4.08. The molecule has 0 saturated heterocycles. The first-order valence-corrected chi connectivity index (χ1v) is 4.62. The number of hydrogen-bond donors (Lipinski definition) is 1. The monoisotopic (exact) mass is 179 g/mol. The molecule has 3 nitrogen and oxygen atoms in total. The van der Waals surface area contributed by atoms with Gasteiger partial charge in [0, 0.05) is 12.7 Å². The summed E-state index contributed by atoms with van der Waals surface area (Å²) in [5, 5.41) is 0. The first-order chi connectivity index (χ1) is 6.24. The highest BCUT2D eigenvalue weighted by Crippen LogP contribution is 2.08. The summed E-state index contributed by atoms with van der Waals surface area (Å²) < 4.78 is 0. The highest BCUT2D eigenvalue weighted by Gasteiger charge is 2.02. The molecule has 2 N–H and O–H groups in total. The maximum absolute atomic E-state index is 5.78. The van der Waals surface area contributed by atoms with Gasteiger partial charge in [-0.15, -0.1) is 0 Å². The molecule has 1 aromatic rings. The minimum Gasteiger partial charge on any atom is -0.397 e. The Morgan fingerprint density at radius 2 is 2.31 bits per heavy atom. The van der Waals surface area contributed by atoms with Crippen molar-refractivity contribution in [3.05, 3.63) is 24.0 Å². The predicted molar refractivity (Wildman–Crippen MR) is 55.3 cm³/mol. The summed E-state index contributed by atoms with van der Waals surface area (Å²) in [4.78, 5) is 6.45. The lowest BCUT2D eigenvalue weighted by Gasteiger charge is -2.15. The zero-order chi connectivity index (χ0) is 9.68. The van der Waals surface area contributed by atoms with E-state index in [-0.39, 0.29) is 0 Å². The van der Waals surface area contributed by atoms with Crippen molar-refractivity contribution in [1.82, 2.24) is 9.88 Å². The molecule has 0 saturated carbocycles. The number of nitrogen functional groups attached to an aromatic ring is 1. The molecule has 0 aliphatic heterocycles. The topological polar surface area (TPSA) is 42.2 Å². The third-order valence-electron chi connectivity index (χ3n) is 1.95. The van der Waals surface area contributed by atoms with Gasteiger partial charge >= 0.3 is 0 Å². The Morgan fingerprint density at radius 3 is 2.92 bits per heavy atom. The fraction of sp³-hybridized carbons (Fsp3) is 0.500. The van der Waals surface area contributed by atoms with Crippen LogP contribution in [0.15, 0.2) is 18.3 Å². The van der Waals surface area contributed by atoms with Gasteiger partial charge in [-0.25, -0.2) is 0 Å². The van der Waals surface area contributed by atoms with Crippen LogP contribution in [0, 0.1) is 0 Å². The highest BCUT2D eigenvalue weighted by molar-refractivity contribution is 5.41. The van der Waals surface area contributed by atoms with Gasteiger partial charge in [0.25, 0.3) is 0 Å². The van der Waals surface area contributed by atoms with E-state index in [0.29, 0.717) is 0 Å². The average molecular weight is 179 g/mol. The highest BCUT2D eigenvalue weighted by atomic mass is 15.1. The third-order valence-corrected chi connectivity index (χ3v) is 1.95. The van der Waals surface area contributed by atoms with Crippen molar-refractivity contribution >= 4 is 5.69 Å². The number of pyridine rings is 1. The van der Waals surface area contributed by atoms with E-state index in [1.807, 2.05) is 12.1 Å². The number of anilines is 1. The quantitative estimate of drug-likeness (QED) is 0.761. The van der Waals surface area contributed by atoms with Crippen LogP contribution in [-0.2, 0) is 6.54 Å². The van der Waals surface area contributed by atoms with Crippen molar-refractivity contribution in [2.45, 2.75) is 19.9 Å². The molecule has 1 aromatic heterocycles. The summed E-state index contributed by atoms with van der Waals surface area (Å²) in [6.07, 6.45) is 2.94. The molecule has 1 rings (SSSR count). The Morgan fingerprint density at radius 1 is 1.54 bits per heavy atom. The zero-order valence-corrected chi connectivity index (χ0v) is 8.33. The summed E-state index contributed by atoms with van der Waals surface area (Å²) in [5.41, 5.74) is 7.53. The van der Waals surface area contributed by atoms with Crippen LogP contribution in [0.25, 0.3) is 0 Å². The van der Waals surface area contributed by atoms with Gasteiger partial charge in [-0.3, -0.25) is 4.98 Å². The predicted octanol–water partition coefficient (Wildman–Crippen LogP) is 1.51. The lowest BCUT2D eigenvalue weighted by Crippen LogP contribution is -2.19. The third kappa shape index (κ3) is 3.03. The normalized spacial score (nSPS) is 10.7. The molecule has 13 heavy (non-hydrogen) atoms. The summed E-state index contributed by atoms with van der Waals surface area (Å²) >= 11 is 0. The van der Waals surface area contributed by atoms with Crippen LogP contribution in [0.3, 0.4) is 0 Å². The van der Waals surface area contributed by atoms with Crippen molar-refractivity contribution in [3.8, 4) is 0 Å². The van der Waals surface area contributed by atoms with E-state index in [2.05, 4.69) is 23.9 Å². The zero-order valence-electron chi connectivity index (χ0n) is 8.33. The van der Waals surface area contributed by atoms with E-state index >= 15 is 0 Å². The molecule has 3 heteroatoms. The number of hydrogen-bond acceptors (Lipinski definition) is 3. The molecule has 0 aliphatic carbocycles. The first kappa shape index (κ1) is 9.99. The summed E-state index contributed by atoms with van der Waals surface area (Å²) in [7, 11) is 2.08. The molecule has 0 atom stereocenters. The van der Waals surface area contributed by atoms with Crippen LogP contribution < -0.4 is 5.73 Å². The molecule has 0 aromatic carbocycles. The first-order valence-electron chi connectivity index (χ1n) is 4.62. The molecule has 0 spiro atoms. The number of rotatable bonds is 4. The number of nitrogens with two attached hydrogens (primary N) is 1. The lowest BCUT2D eigenvalue weighted by molar-refractivity contribution is 0.324. The fourth-order valence-corrected chi connectivity index (χ4v) is 1.30. The Balaban J connectivity index is 2.58. The smallest absolute Gasteiger partial charge is 0.0772 e. The van der Waals surface area contributed by atoms with Crippen LogP contribution in [0.2, 0.25) is 0 Å². The lowest BCUT2D eigenvalue weighted by atomic mass is 10.3. The number of nitrogens with zero attached hydrogens (tertiary/aromatic N) is 2. The van der Waals surface area contributed by atoms with Crippen molar-refractivity contribution in [1.29, 1.82) is 0 Å². The van der Waals surface area contributed by atoms with Gasteiger partial charge < -0.3 is 10.6 Å². The van der Waals surface area contributed by atoms with E-state index in [1.165, 1.54) is 0 Å². The molecule has 0 radical (unpaired) electrons. The minimum atomic E-state index is 0.783. The standard InChI is InChI=1S/C10H17N3/c1-3-7-13(2)8-10-9(11)5-4-6-12-10/h4-6H,3,7-8,11H2,1-2H3. The van der Waals surface area contributed by atoms with Crippen molar-refractivity contribution in [2.75, 3.05) is 19.3 Å². The largest absolute Gasteiger partial charge is 0.397 e. The number of aromatic nitrogens is 1. The van der Waals surface area contributed by atoms with E-state index in [1.54, 1.807) is 6.20 Å². The summed E-state index contributed by atoms with van der Waals surface area (Å²) in [6, 6.07) is 3.75. The van der Waals surface area contributed by atoms with Gasteiger partial charge in [0.05, 0.1) is 11.4 Å². The van der Waals surface area contributed by atoms with E-state index in [9.17, 15) is 0 Å². The van der Waals surface area contributed by atoms with Crippen LogP contribution in [-0.4, -0.2) is 23.5 Å². The summed E-state index contributed by atoms with van der Waals surface area (Å²) in [5.74, 6) is 0. The van der Waals surface area contributed by atoms with Gasteiger partial charge in [0.1, 0.15) is 0 Å². The fourth-order valence-electron chi connectivity index (χ4n) is 1.30. The maximum Gasteiger partial charge on any atom is 0.0772 e. The second-order valence-corrected chi connectivity index (χ2v) is 3.28. The van der Waals surface area contributed by atoms with Crippen LogP contribution in [0.5, 0.6) is 0 Å². The van der Waals surface area contributed by atoms with E-state index in [0.717, 1.165) is 30.9 Å². The van der Waals surface area contributed by atoms with Gasteiger partial charge in [-0.1, -0.05) is 6.92 Å². The molecule has 1 heterocycles. The molecule has 0 amide bonds. The average Bonchev–Trinajstić information content (AvgIpc) is 2.09. The SMILES string of the molecule is CCCN(C)Cc1ncccc1N. The Hall–Kier alpha value is -1.09. The van der Waals surface area contributed by atoms with Crippen molar-refractivity contribution in [3.63, 3.8) is 0 Å². The molecular weight excluding hydrogens is 162 g/mol. The molecular formula is C10H17N3. The molecule has 0 bridgehead atoms. The van der Waals surface area contributed by atoms with Crippen LogP contribution in [0.1, 0.15) is 19.0 Å². The maximum atomic E-state index is 5.78. The van der Waals surface area contributed by atoms with E-state index in [4.69, 9.17) is 5.73 Å². The Kier molecular flexibility index (Phi) is 3.71. The van der Waals surface area contributed by atoms with Gasteiger partial charge in [-0.05, 0) is 32.1 Å². The molecule has 0 aliphatic rings. The van der Waals surface area contributed by atoms with Crippen LogP contribution in [0.4, 0.5) is 5.69 Å². The Bertz CT molecular complexity index is 260. The van der Waals surface area contributed by atoms with Gasteiger partial charge in [-0.2, -0.15) is 0 Å². The minimum absolute atomic E-state index is 0.783.